The van der Waals surface area contributed by atoms with Gasteiger partial charge in [-0.15, -0.1) is 21.9 Å². The van der Waals surface area contributed by atoms with Crippen molar-refractivity contribution in [1.29, 1.82) is 0 Å². The first-order valence-electron chi connectivity index (χ1n) is 18.0. The first kappa shape index (κ1) is 36.9. The molecule has 0 N–H and O–H groups in total. The second kappa shape index (κ2) is 12.6. The zero-order chi connectivity index (χ0) is 39.7. The van der Waals surface area contributed by atoms with Crippen molar-refractivity contribution >= 4 is 163 Å². The second-order valence-electron chi connectivity index (χ2n) is 15.2. The van der Waals surface area contributed by atoms with Crippen molar-refractivity contribution < 1.29 is 0 Å². The molecule has 0 fully saturated rings. The molecule has 1 aromatic heterocycles. The van der Waals surface area contributed by atoms with Crippen LogP contribution in [0.3, 0.4) is 0 Å². The molecule has 0 saturated carbocycles. The third-order valence-corrected chi connectivity index (χ3v) is 11.6. The summed E-state index contributed by atoms with van der Waals surface area (Å²) in [6.07, 6.45) is 0. The minimum Gasteiger partial charge on any atom is -0.298 e. The summed E-state index contributed by atoms with van der Waals surface area (Å²) in [5.41, 5.74) is 10.7. The summed E-state index contributed by atoms with van der Waals surface area (Å²) >= 11 is 0. The van der Waals surface area contributed by atoms with Crippen LogP contribution in [0.2, 0.25) is 0 Å². The monoisotopic (exact) mass is 686 g/mol. The highest BCUT2D eigenvalue weighted by Gasteiger charge is 2.36. The molecule has 236 valence electrons. The molecule has 0 spiro atoms. The van der Waals surface area contributed by atoms with Crippen LogP contribution in [0.25, 0.3) is 71.6 Å². The molecule has 1 aliphatic rings. The fourth-order valence-electron chi connectivity index (χ4n) is 8.74. The Morgan fingerprint density at radius 3 is 1.52 bits per heavy atom. The standard InChI is InChI=1S/C43H21B11N2/c1-42(2)23-8-4-3-7-21(23)22-16-13-19(17-24(22)42)28-31-29(33(44)37(48)39(50)35(31)46)27(30-32(28)36(47)40(51)38(49)34(30)45)18-11-14-20(15-12-18)56-26-10-6-5-9-25(26)55-41(56)43(52,53)54/h3-17H,1-2H3. The molecule has 0 bridgehead atoms. The Labute approximate surface area is 341 Å². The van der Waals surface area contributed by atoms with Crippen LogP contribution in [0.4, 0.5) is 0 Å². The van der Waals surface area contributed by atoms with Gasteiger partial charge in [-0.1, -0.05) is 101 Å². The molecule has 13 heteroatoms. The molecule has 0 amide bonds. The van der Waals surface area contributed by atoms with Gasteiger partial charge in [0.2, 0.25) is 0 Å². The average molecular weight is 685 g/mol. The molecule has 0 atom stereocenters. The molecule has 8 aromatic rings. The van der Waals surface area contributed by atoms with Gasteiger partial charge in [0.05, 0.1) is 40.4 Å². The molecule has 1 heterocycles. The highest BCUT2D eigenvalue weighted by atomic mass is 15.1. The van der Waals surface area contributed by atoms with Gasteiger partial charge >= 0.3 is 0 Å². The van der Waals surface area contributed by atoms with E-state index in [1.54, 1.807) is 0 Å². The number of fused-ring (bicyclic) bond motifs is 6. The first-order chi connectivity index (χ1) is 26.5. The van der Waals surface area contributed by atoms with E-state index in [2.05, 4.69) is 55.2 Å². The Balaban J connectivity index is 1.40. The fraction of sp³-hybridized carbons (Fsp3) is 0.0930. The predicted octanol–water partition coefficient (Wildman–Crippen LogP) is -0.0616. The number of aromatic nitrogens is 2. The lowest BCUT2D eigenvalue weighted by atomic mass is 9.42. The van der Waals surface area contributed by atoms with Crippen molar-refractivity contribution in [3.8, 4) is 39.1 Å². The summed E-state index contributed by atoms with van der Waals surface area (Å²) in [5.74, 6) is 0.271. The summed E-state index contributed by atoms with van der Waals surface area (Å²) in [6, 6.07) is 29.9. The molecule has 7 aromatic carbocycles. The van der Waals surface area contributed by atoms with Crippen LogP contribution in [0.5, 0.6) is 0 Å². The van der Waals surface area contributed by atoms with Crippen LogP contribution in [-0.2, 0) is 10.5 Å². The van der Waals surface area contributed by atoms with Gasteiger partial charge < -0.3 is 0 Å². The number of hydrogen-bond donors (Lipinski definition) is 0. The van der Waals surface area contributed by atoms with Crippen molar-refractivity contribution in [2.75, 3.05) is 0 Å². The van der Waals surface area contributed by atoms with E-state index in [-0.39, 0.29) is 54.9 Å². The predicted molar refractivity (Wildman–Crippen MR) is 247 cm³/mol. The molecular weight excluding hydrogens is 663 g/mol. The maximum absolute atomic E-state index is 7.02. The molecule has 56 heavy (non-hydrogen) atoms. The van der Waals surface area contributed by atoms with Gasteiger partial charge in [0.15, 0.2) is 0 Å². The third-order valence-electron chi connectivity index (χ3n) is 11.6. The summed E-state index contributed by atoms with van der Waals surface area (Å²) in [7, 11) is 73.3. The number of hydrogen-bond acceptors (Lipinski definition) is 1. The Morgan fingerprint density at radius 2 is 0.964 bits per heavy atom. The zero-order valence-corrected chi connectivity index (χ0v) is 30.9. The SMILES string of the molecule is [B]c1c([B])c([B])c2c(-c3ccc4c(c3)C(C)(C)c3ccccc3-4)c3c([B])c([B])c([B])c([B])c3c(-c3ccc(-n4c(C([B])([B])[B])nc5ccccc54)cc3)c2c1[B]. The minimum atomic E-state index is -1.73. The van der Waals surface area contributed by atoms with E-state index in [0.717, 1.165) is 22.2 Å². The van der Waals surface area contributed by atoms with Crippen LogP contribution in [0.15, 0.2) is 91.0 Å². The smallest absolute Gasteiger partial charge is 0.113 e. The molecule has 9 rings (SSSR count). The summed E-state index contributed by atoms with van der Waals surface area (Å²) in [6.45, 7) is 4.43. The molecule has 0 saturated heterocycles. The van der Waals surface area contributed by atoms with E-state index in [0.29, 0.717) is 49.4 Å². The number of rotatable bonds is 4. The van der Waals surface area contributed by atoms with E-state index in [1.807, 2.05) is 59.2 Å². The lowest BCUT2D eigenvalue weighted by Gasteiger charge is -2.29. The normalized spacial score (nSPS) is 13.4. The van der Waals surface area contributed by atoms with Crippen molar-refractivity contribution in [1.82, 2.24) is 9.55 Å². The average Bonchev–Trinajstić information content (AvgIpc) is 3.70. The minimum absolute atomic E-state index is 0.137. The summed E-state index contributed by atoms with van der Waals surface area (Å²) < 4.78 is 1.82. The van der Waals surface area contributed by atoms with E-state index in [1.165, 1.54) is 11.1 Å². The third kappa shape index (κ3) is 5.08. The van der Waals surface area contributed by atoms with Crippen LogP contribution in [0.1, 0.15) is 30.8 Å². The van der Waals surface area contributed by atoms with Gasteiger partial charge in [0.25, 0.3) is 0 Å². The number of imidazole rings is 1. The van der Waals surface area contributed by atoms with Crippen molar-refractivity contribution in [2.24, 2.45) is 0 Å². The second-order valence-corrected chi connectivity index (χ2v) is 15.2. The molecule has 0 unspecified atom stereocenters. The Morgan fingerprint density at radius 1 is 0.500 bits per heavy atom. The Kier molecular flexibility index (Phi) is 8.31. The van der Waals surface area contributed by atoms with Crippen molar-refractivity contribution in [3.05, 3.63) is 108 Å². The first-order valence-corrected chi connectivity index (χ1v) is 18.0. The van der Waals surface area contributed by atoms with E-state index < -0.39 is 5.11 Å². The Hall–Kier alpha value is -4.76. The van der Waals surface area contributed by atoms with Crippen LogP contribution >= 0.6 is 0 Å². The fourth-order valence-corrected chi connectivity index (χ4v) is 8.74. The number of nitrogens with zero attached hydrogens (tertiary/aromatic N) is 2. The van der Waals surface area contributed by atoms with Gasteiger partial charge in [-0.05, 0) is 96.4 Å². The highest BCUT2D eigenvalue weighted by Crippen LogP contribution is 2.50. The largest absolute Gasteiger partial charge is 0.298 e. The highest BCUT2D eigenvalue weighted by molar-refractivity contribution is 6.71. The van der Waals surface area contributed by atoms with Gasteiger partial charge in [-0.25, -0.2) is 4.98 Å². The quantitative estimate of drug-likeness (QED) is 0.188. The lowest BCUT2D eigenvalue weighted by Crippen LogP contribution is -2.50. The summed E-state index contributed by atoms with van der Waals surface area (Å²) in [4.78, 5) is 4.66. The molecular formula is C43H21B11N2. The van der Waals surface area contributed by atoms with Crippen LogP contribution in [0, 0.1) is 0 Å². The van der Waals surface area contributed by atoms with Crippen molar-refractivity contribution in [3.63, 3.8) is 0 Å². The summed E-state index contributed by atoms with van der Waals surface area (Å²) in [5, 5.41) is 0.420. The maximum Gasteiger partial charge on any atom is 0.113 e. The van der Waals surface area contributed by atoms with E-state index >= 15 is 0 Å². The number of para-hydroxylation sites is 2. The topological polar surface area (TPSA) is 17.8 Å². The lowest BCUT2D eigenvalue weighted by molar-refractivity contribution is 0.660. The van der Waals surface area contributed by atoms with Crippen LogP contribution < -0.4 is 43.7 Å². The Bertz CT molecular complexity index is 2930. The van der Waals surface area contributed by atoms with E-state index in [9.17, 15) is 0 Å². The molecule has 2 nitrogen and oxygen atoms in total. The zero-order valence-electron chi connectivity index (χ0n) is 30.9. The molecule has 22 radical (unpaired) electrons. The molecule has 1 aliphatic carbocycles. The van der Waals surface area contributed by atoms with E-state index in [4.69, 9.17) is 86.3 Å². The number of benzene rings is 7. The maximum atomic E-state index is 7.02. The van der Waals surface area contributed by atoms with Gasteiger partial charge in [0, 0.05) is 11.1 Å². The molecule has 0 aliphatic heterocycles. The van der Waals surface area contributed by atoms with Crippen molar-refractivity contribution in [2.45, 2.75) is 24.4 Å². The van der Waals surface area contributed by atoms with Gasteiger partial charge in [-0.2, -0.15) is 0 Å². The van der Waals surface area contributed by atoms with Gasteiger partial charge in [0.1, 0.15) is 62.8 Å². The van der Waals surface area contributed by atoms with Gasteiger partial charge in [-0.3, -0.25) is 4.57 Å². The van der Waals surface area contributed by atoms with Crippen LogP contribution in [-0.4, -0.2) is 95.9 Å².